The van der Waals surface area contributed by atoms with Gasteiger partial charge in [0.2, 0.25) is 10.0 Å². The van der Waals surface area contributed by atoms with E-state index in [1.807, 2.05) is 36.4 Å². The van der Waals surface area contributed by atoms with Gasteiger partial charge in [-0.1, -0.05) is 43.3 Å². The molecule has 0 aliphatic carbocycles. The molecule has 3 aromatic rings. The van der Waals surface area contributed by atoms with E-state index in [2.05, 4.69) is 18.8 Å². The Balaban J connectivity index is 1.78. The van der Waals surface area contributed by atoms with E-state index in [0.717, 1.165) is 18.5 Å². The fourth-order valence-electron chi connectivity index (χ4n) is 4.17. The van der Waals surface area contributed by atoms with Crippen molar-refractivity contribution in [3.63, 3.8) is 0 Å². The molecule has 8 nitrogen and oxygen atoms in total. The average molecular weight is 516 g/mol. The Bertz CT molecular complexity index is 1460. The number of carbonyl (C=O) groups is 1. The minimum absolute atomic E-state index is 0.0954. The quantitative estimate of drug-likeness (QED) is 0.275. The van der Waals surface area contributed by atoms with Crippen LogP contribution in [-0.4, -0.2) is 48.0 Å². The second kappa shape index (κ2) is 11.4. The Hall–Kier alpha value is -4.00. The number of nitriles is 1. The van der Waals surface area contributed by atoms with Crippen LogP contribution in [0.15, 0.2) is 83.9 Å². The smallest absolute Gasteiger partial charge is 0.262 e. The zero-order chi connectivity index (χ0) is 26.4. The second-order valence-electron chi connectivity index (χ2n) is 9.00. The van der Waals surface area contributed by atoms with E-state index < -0.39 is 15.9 Å². The summed E-state index contributed by atoms with van der Waals surface area (Å²) in [6.45, 7) is 6.93. The summed E-state index contributed by atoms with van der Waals surface area (Å²) in [5.41, 5.74) is 2.22. The number of nitrogens with one attached hydrogen (secondary N) is 1. The summed E-state index contributed by atoms with van der Waals surface area (Å²) in [5, 5.41) is 17.0. The van der Waals surface area contributed by atoms with Crippen molar-refractivity contribution < 1.29 is 13.2 Å². The van der Waals surface area contributed by atoms with E-state index in [-0.39, 0.29) is 17.0 Å². The highest BCUT2D eigenvalue weighted by atomic mass is 32.2. The highest BCUT2D eigenvalue weighted by molar-refractivity contribution is 7.89. The molecule has 1 N–H and O–H groups in total. The molecule has 1 saturated heterocycles. The molecule has 2 aromatic carbocycles. The molecule has 2 heterocycles. The first kappa shape index (κ1) is 26.1. The Labute approximate surface area is 217 Å². The van der Waals surface area contributed by atoms with Crippen molar-refractivity contribution in [2.24, 2.45) is 5.92 Å². The summed E-state index contributed by atoms with van der Waals surface area (Å²) >= 11 is 0. The van der Waals surface area contributed by atoms with Crippen LogP contribution in [0, 0.1) is 17.2 Å². The lowest BCUT2D eigenvalue weighted by Crippen LogP contribution is -2.37. The van der Waals surface area contributed by atoms with Gasteiger partial charge in [0.25, 0.3) is 5.91 Å². The number of rotatable bonds is 8. The van der Waals surface area contributed by atoms with E-state index in [1.165, 1.54) is 16.5 Å². The van der Waals surface area contributed by atoms with Gasteiger partial charge < -0.3 is 5.32 Å². The number of hydrogen-bond acceptors (Lipinski definition) is 5. The van der Waals surface area contributed by atoms with Gasteiger partial charge in [0.15, 0.2) is 0 Å². The van der Waals surface area contributed by atoms with Crippen molar-refractivity contribution in [2.45, 2.75) is 24.7 Å². The first-order valence-electron chi connectivity index (χ1n) is 12.1. The van der Waals surface area contributed by atoms with Crippen LogP contribution in [-0.2, 0) is 14.8 Å². The number of piperidine rings is 1. The van der Waals surface area contributed by atoms with Gasteiger partial charge in [0, 0.05) is 37.0 Å². The third kappa shape index (κ3) is 5.88. The number of amides is 1. The minimum atomic E-state index is -3.67. The van der Waals surface area contributed by atoms with Crippen molar-refractivity contribution in [3.05, 3.63) is 84.6 Å². The molecule has 0 spiro atoms. The molecule has 1 aliphatic rings. The maximum absolute atomic E-state index is 13.4. The lowest BCUT2D eigenvalue weighted by Gasteiger charge is -2.29. The Kier molecular flexibility index (Phi) is 8.01. The number of aromatic nitrogens is 2. The summed E-state index contributed by atoms with van der Waals surface area (Å²) in [6.07, 6.45) is 6.38. The predicted octanol–water partition coefficient (Wildman–Crippen LogP) is 4.17. The number of benzene rings is 2. The number of carbonyl (C=O) groups excluding carboxylic acids is 1. The highest BCUT2D eigenvalue weighted by Gasteiger charge is 2.28. The molecule has 0 bridgehead atoms. The molecular weight excluding hydrogens is 486 g/mol. The number of sulfonamides is 1. The van der Waals surface area contributed by atoms with Crippen LogP contribution in [0.25, 0.3) is 23.0 Å². The number of hydrogen-bond donors (Lipinski definition) is 1. The van der Waals surface area contributed by atoms with Gasteiger partial charge in [-0.2, -0.15) is 14.7 Å². The molecule has 190 valence electrons. The molecule has 0 unspecified atom stereocenters. The van der Waals surface area contributed by atoms with Gasteiger partial charge in [0.1, 0.15) is 17.3 Å². The van der Waals surface area contributed by atoms with Crippen LogP contribution in [0.1, 0.15) is 25.3 Å². The van der Waals surface area contributed by atoms with Crippen molar-refractivity contribution in [1.82, 2.24) is 19.4 Å². The molecule has 0 atom stereocenters. The average Bonchev–Trinajstić information content (AvgIpc) is 3.35. The fourth-order valence-corrected chi connectivity index (χ4v) is 5.69. The van der Waals surface area contributed by atoms with E-state index in [1.54, 1.807) is 35.1 Å². The van der Waals surface area contributed by atoms with Gasteiger partial charge in [-0.05, 0) is 49.1 Å². The normalized spacial score (nSPS) is 15.2. The lowest BCUT2D eigenvalue weighted by molar-refractivity contribution is -0.116. The van der Waals surface area contributed by atoms with Gasteiger partial charge >= 0.3 is 0 Å². The van der Waals surface area contributed by atoms with E-state index in [9.17, 15) is 18.5 Å². The maximum atomic E-state index is 13.4. The summed E-state index contributed by atoms with van der Waals surface area (Å²) in [4.78, 5) is 12.7. The van der Waals surface area contributed by atoms with Crippen LogP contribution >= 0.6 is 0 Å². The highest BCUT2D eigenvalue weighted by Crippen LogP contribution is 2.30. The Morgan fingerprint density at radius 1 is 1.19 bits per heavy atom. The first-order chi connectivity index (χ1) is 17.8. The van der Waals surface area contributed by atoms with E-state index >= 15 is 0 Å². The van der Waals surface area contributed by atoms with Crippen LogP contribution in [0.5, 0.6) is 0 Å². The van der Waals surface area contributed by atoms with Crippen molar-refractivity contribution in [2.75, 3.05) is 19.6 Å². The molecule has 1 aliphatic heterocycles. The lowest BCUT2D eigenvalue weighted by atomic mass is 10.0. The largest absolute Gasteiger partial charge is 0.348 e. The topological polar surface area (TPSA) is 108 Å². The zero-order valence-corrected chi connectivity index (χ0v) is 21.5. The summed E-state index contributed by atoms with van der Waals surface area (Å²) < 4.78 is 30.0. The molecule has 1 aromatic heterocycles. The molecule has 1 amide bonds. The Morgan fingerprint density at radius 3 is 2.59 bits per heavy atom. The van der Waals surface area contributed by atoms with Crippen LogP contribution in [0.3, 0.4) is 0 Å². The molecule has 4 rings (SSSR count). The van der Waals surface area contributed by atoms with Crippen molar-refractivity contribution >= 4 is 22.0 Å². The monoisotopic (exact) mass is 515 g/mol. The third-order valence-corrected chi connectivity index (χ3v) is 8.22. The maximum Gasteiger partial charge on any atom is 0.262 e. The van der Waals surface area contributed by atoms with Crippen molar-refractivity contribution in [1.29, 1.82) is 5.26 Å². The molecule has 0 saturated carbocycles. The fraction of sp³-hybridized carbons (Fsp3) is 0.250. The predicted molar refractivity (Wildman–Crippen MR) is 143 cm³/mol. The summed E-state index contributed by atoms with van der Waals surface area (Å²) in [6, 6.07) is 18.0. The van der Waals surface area contributed by atoms with Gasteiger partial charge in [-0.25, -0.2) is 13.1 Å². The van der Waals surface area contributed by atoms with E-state index in [0.29, 0.717) is 35.8 Å². The molecule has 1 fully saturated rings. The molecule has 37 heavy (non-hydrogen) atoms. The molecule has 0 radical (unpaired) electrons. The Morgan fingerprint density at radius 2 is 1.92 bits per heavy atom. The molecule has 9 heteroatoms. The van der Waals surface area contributed by atoms with Gasteiger partial charge in [-0.3, -0.25) is 4.79 Å². The minimum Gasteiger partial charge on any atom is -0.348 e. The van der Waals surface area contributed by atoms with Crippen LogP contribution < -0.4 is 5.32 Å². The van der Waals surface area contributed by atoms with Gasteiger partial charge in [-0.15, -0.1) is 6.58 Å². The van der Waals surface area contributed by atoms with E-state index in [4.69, 9.17) is 5.10 Å². The summed E-state index contributed by atoms with van der Waals surface area (Å²) in [5.74, 6) is -0.0245. The van der Waals surface area contributed by atoms with Crippen LogP contribution in [0.4, 0.5) is 0 Å². The van der Waals surface area contributed by atoms with Crippen molar-refractivity contribution in [3.8, 4) is 23.0 Å². The summed E-state index contributed by atoms with van der Waals surface area (Å²) in [7, 11) is -3.67. The molecular formula is C28H29N5O3S. The SMILES string of the molecule is C=CCNC(=O)C(C#N)=Cc1cn(-c2ccccc2)nc1-c1cccc(S(=O)(=O)N2CCC(C)CC2)c1. The van der Waals surface area contributed by atoms with Gasteiger partial charge in [0.05, 0.1) is 10.6 Å². The number of para-hydroxylation sites is 1. The third-order valence-electron chi connectivity index (χ3n) is 6.32. The standard InChI is InChI=1S/C28H29N5O3S/c1-3-14-30-28(34)23(19-29)17-24-20-33(25-9-5-4-6-10-25)31-27(24)22-8-7-11-26(18-22)37(35,36)32-15-12-21(2)13-16-32/h3-11,17-18,20-21H,1,12-16H2,2H3,(H,30,34). The first-order valence-corrected chi connectivity index (χ1v) is 13.5. The second-order valence-corrected chi connectivity index (χ2v) is 10.9. The zero-order valence-electron chi connectivity index (χ0n) is 20.7. The number of nitrogens with zero attached hydrogens (tertiary/aromatic N) is 4. The van der Waals surface area contributed by atoms with Crippen LogP contribution in [0.2, 0.25) is 0 Å².